The van der Waals surface area contributed by atoms with Gasteiger partial charge in [0, 0.05) is 0 Å². The van der Waals surface area contributed by atoms with Crippen molar-refractivity contribution in [3.63, 3.8) is 0 Å². The zero-order valence-electron chi connectivity index (χ0n) is 12.5. The van der Waals surface area contributed by atoms with Gasteiger partial charge in [-0.25, -0.2) is 0 Å². The Morgan fingerprint density at radius 1 is 1.22 bits per heavy atom. The molecule has 0 saturated carbocycles. The molecule has 0 aromatic heterocycles. The van der Waals surface area contributed by atoms with Crippen LogP contribution >= 0.6 is 0 Å². The van der Waals surface area contributed by atoms with Gasteiger partial charge in [0.2, 0.25) is 0 Å². The average Bonchev–Trinajstić information content (AvgIpc) is 2.28. The fraction of sp³-hybridized carbons (Fsp3) is 0.625. The first kappa shape index (κ1) is 15.0. The zero-order chi connectivity index (χ0) is 13.8. The average molecular weight is 249 g/mol. The molecule has 0 atom stereocenters. The van der Waals surface area contributed by atoms with Gasteiger partial charge in [0.05, 0.1) is 6.61 Å². The summed E-state index contributed by atoms with van der Waals surface area (Å²) in [6.45, 7) is 12.4. The van der Waals surface area contributed by atoms with Gasteiger partial charge in [0.1, 0.15) is 5.75 Å². The van der Waals surface area contributed by atoms with E-state index in [0.717, 1.165) is 25.2 Å². The molecule has 1 aromatic carbocycles. The molecule has 0 heterocycles. The van der Waals surface area contributed by atoms with Gasteiger partial charge in [-0.05, 0) is 54.5 Å². The van der Waals surface area contributed by atoms with Gasteiger partial charge in [0.15, 0.2) is 0 Å². The number of hydrogen-bond donors (Lipinski definition) is 1. The highest BCUT2D eigenvalue weighted by atomic mass is 16.5. The third kappa shape index (κ3) is 3.74. The Morgan fingerprint density at radius 3 is 2.39 bits per heavy atom. The predicted octanol–water partition coefficient (Wildman–Crippen LogP) is 3.58. The molecule has 0 aliphatic carbocycles. The maximum atomic E-state index is 5.91. The van der Waals surface area contributed by atoms with Gasteiger partial charge in [-0.3, -0.25) is 0 Å². The molecule has 102 valence electrons. The number of ether oxygens (including phenoxy) is 1. The van der Waals surface area contributed by atoms with E-state index in [1.807, 2.05) is 0 Å². The molecule has 0 radical (unpaired) electrons. The van der Waals surface area contributed by atoms with Crippen molar-refractivity contribution in [1.82, 2.24) is 0 Å². The summed E-state index contributed by atoms with van der Waals surface area (Å²) in [6, 6.07) is 4.44. The lowest BCUT2D eigenvalue weighted by atomic mass is 9.84. The van der Waals surface area contributed by atoms with Crippen molar-refractivity contribution in [3.05, 3.63) is 28.8 Å². The summed E-state index contributed by atoms with van der Waals surface area (Å²) in [5.41, 5.74) is 9.67. The van der Waals surface area contributed by atoms with Crippen LogP contribution in [0.5, 0.6) is 5.75 Å². The van der Waals surface area contributed by atoms with Crippen LogP contribution in [0.1, 0.15) is 50.8 Å². The van der Waals surface area contributed by atoms with Crippen LogP contribution in [0.3, 0.4) is 0 Å². The smallest absolute Gasteiger partial charge is 0.123 e. The van der Waals surface area contributed by atoms with Crippen LogP contribution in [-0.4, -0.2) is 13.2 Å². The van der Waals surface area contributed by atoms with E-state index in [1.165, 1.54) is 16.7 Å². The molecule has 0 bridgehead atoms. The Hall–Kier alpha value is -1.02. The highest BCUT2D eigenvalue weighted by molar-refractivity contribution is 5.45. The molecular formula is C16H27NO. The molecule has 2 nitrogen and oxygen atoms in total. The number of benzene rings is 1. The van der Waals surface area contributed by atoms with E-state index < -0.39 is 0 Å². The number of aryl methyl sites for hydroxylation is 1. The first-order valence-corrected chi connectivity index (χ1v) is 6.87. The van der Waals surface area contributed by atoms with Crippen molar-refractivity contribution in [3.8, 4) is 5.75 Å². The normalized spacial score (nSPS) is 11.7. The van der Waals surface area contributed by atoms with Crippen molar-refractivity contribution < 1.29 is 4.74 Å². The van der Waals surface area contributed by atoms with Crippen molar-refractivity contribution >= 4 is 0 Å². The van der Waals surface area contributed by atoms with Gasteiger partial charge >= 0.3 is 0 Å². The number of nitrogens with two attached hydrogens (primary N) is 1. The SMILES string of the molecule is CCCOc1cc(CCN)c(C)cc1C(C)(C)C. The minimum atomic E-state index is 0.106. The quantitative estimate of drug-likeness (QED) is 0.865. The molecule has 0 unspecified atom stereocenters. The third-order valence-electron chi connectivity index (χ3n) is 3.12. The van der Waals surface area contributed by atoms with Crippen LogP contribution in [0.2, 0.25) is 0 Å². The summed E-state index contributed by atoms with van der Waals surface area (Å²) in [5.74, 6) is 1.03. The summed E-state index contributed by atoms with van der Waals surface area (Å²) < 4.78 is 5.91. The van der Waals surface area contributed by atoms with Crippen molar-refractivity contribution in [2.24, 2.45) is 5.73 Å². The van der Waals surface area contributed by atoms with Crippen LogP contribution in [-0.2, 0) is 11.8 Å². The van der Waals surface area contributed by atoms with E-state index in [2.05, 4.69) is 46.8 Å². The molecule has 1 rings (SSSR count). The molecular weight excluding hydrogens is 222 g/mol. The van der Waals surface area contributed by atoms with E-state index in [-0.39, 0.29) is 5.41 Å². The fourth-order valence-electron chi connectivity index (χ4n) is 2.07. The van der Waals surface area contributed by atoms with Crippen LogP contribution in [0.4, 0.5) is 0 Å². The molecule has 0 saturated heterocycles. The maximum absolute atomic E-state index is 5.91. The second-order valence-electron chi connectivity index (χ2n) is 5.91. The minimum Gasteiger partial charge on any atom is -0.493 e. The summed E-state index contributed by atoms with van der Waals surface area (Å²) in [4.78, 5) is 0. The lowest BCUT2D eigenvalue weighted by Gasteiger charge is -2.24. The van der Waals surface area contributed by atoms with E-state index in [9.17, 15) is 0 Å². The van der Waals surface area contributed by atoms with E-state index in [0.29, 0.717) is 6.54 Å². The summed E-state index contributed by atoms with van der Waals surface area (Å²) in [5, 5.41) is 0. The highest BCUT2D eigenvalue weighted by Crippen LogP contribution is 2.34. The highest BCUT2D eigenvalue weighted by Gasteiger charge is 2.20. The third-order valence-corrected chi connectivity index (χ3v) is 3.12. The standard InChI is InChI=1S/C16H27NO/c1-6-9-18-15-11-13(7-8-17)12(2)10-14(15)16(3,4)5/h10-11H,6-9,17H2,1-5H3. The molecule has 2 heteroatoms. The van der Waals surface area contributed by atoms with Crippen molar-refractivity contribution in [2.75, 3.05) is 13.2 Å². The molecule has 0 fully saturated rings. The monoisotopic (exact) mass is 249 g/mol. The molecule has 2 N–H and O–H groups in total. The second-order valence-corrected chi connectivity index (χ2v) is 5.91. The Bertz CT molecular complexity index is 391. The lowest BCUT2D eigenvalue weighted by molar-refractivity contribution is 0.308. The predicted molar refractivity (Wildman–Crippen MR) is 78.4 cm³/mol. The summed E-state index contributed by atoms with van der Waals surface area (Å²) >= 11 is 0. The van der Waals surface area contributed by atoms with E-state index >= 15 is 0 Å². The first-order valence-electron chi connectivity index (χ1n) is 6.87. The van der Waals surface area contributed by atoms with Crippen molar-refractivity contribution in [2.45, 2.75) is 52.9 Å². The van der Waals surface area contributed by atoms with Gasteiger partial charge in [-0.2, -0.15) is 0 Å². The van der Waals surface area contributed by atoms with Crippen LogP contribution in [0.15, 0.2) is 12.1 Å². The van der Waals surface area contributed by atoms with Crippen LogP contribution in [0, 0.1) is 6.92 Å². The topological polar surface area (TPSA) is 35.2 Å². The Balaban J connectivity index is 3.19. The maximum Gasteiger partial charge on any atom is 0.123 e. The molecule has 0 spiro atoms. The number of hydrogen-bond acceptors (Lipinski definition) is 2. The Morgan fingerprint density at radius 2 is 1.89 bits per heavy atom. The van der Waals surface area contributed by atoms with Gasteiger partial charge in [-0.15, -0.1) is 0 Å². The molecule has 0 amide bonds. The lowest BCUT2D eigenvalue weighted by Crippen LogP contribution is -2.15. The Labute approximate surface area is 112 Å². The summed E-state index contributed by atoms with van der Waals surface area (Å²) in [7, 11) is 0. The van der Waals surface area contributed by atoms with Crippen LogP contribution in [0.25, 0.3) is 0 Å². The van der Waals surface area contributed by atoms with Gasteiger partial charge < -0.3 is 10.5 Å². The molecule has 18 heavy (non-hydrogen) atoms. The Kier molecular flexibility index (Phi) is 5.21. The van der Waals surface area contributed by atoms with Crippen LogP contribution < -0.4 is 10.5 Å². The number of rotatable bonds is 5. The zero-order valence-corrected chi connectivity index (χ0v) is 12.5. The van der Waals surface area contributed by atoms with E-state index in [1.54, 1.807) is 0 Å². The molecule has 1 aromatic rings. The van der Waals surface area contributed by atoms with Gasteiger partial charge in [0.25, 0.3) is 0 Å². The first-order chi connectivity index (χ1) is 8.40. The minimum absolute atomic E-state index is 0.106. The second kappa shape index (κ2) is 6.24. The van der Waals surface area contributed by atoms with E-state index in [4.69, 9.17) is 10.5 Å². The van der Waals surface area contributed by atoms with Gasteiger partial charge in [-0.1, -0.05) is 33.8 Å². The molecule has 0 aliphatic heterocycles. The summed E-state index contributed by atoms with van der Waals surface area (Å²) in [6.07, 6.45) is 1.95. The van der Waals surface area contributed by atoms with Crippen molar-refractivity contribution in [1.29, 1.82) is 0 Å². The molecule has 0 aliphatic rings. The largest absolute Gasteiger partial charge is 0.493 e. The fourth-order valence-corrected chi connectivity index (χ4v) is 2.07.